The summed E-state index contributed by atoms with van der Waals surface area (Å²) in [5.41, 5.74) is 3.97. The van der Waals surface area contributed by atoms with E-state index in [0.717, 1.165) is 34.1 Å². The third-order valence-electron chi connectivity index (χ3n) is 5.72. The van der Waals surface area contributed by atoms with Gasteiger partial charge in [-0.05, 0) is 36.6 Å². The van der Waals surface area contributed by atoms with Crippen LogP contribution in [0.2, 0.25) is 0 Å². The Hall–Kier alpha value is -4.24. The van der Waals surface area contributed by atoms with Gasteiger partial charge in [0.15, 0.2) is 5.69 Å². The van der Waals surface area contributed by atoms with E-state index in [9.17, 15) is 9.59 Å². The van der Waals surface area contributed by atoms with E-state index in [1.807, 2.05) is 74.5 Å². The van der Waals surface area contributed by atoms with Crippen molar-refractivity contribution in [3.05, 3.63) is 99.8 Å². The highest BCUT2D eigenvalue weighted by Crippen LogP contribution is 2.27. The highest BCUT2D eigenvalue weighted by atomic mass is 32.2. The van der Waals surface area contributed by atoms with Gasteiger partial charge < -0.3 is 9.73 Å². The SMILES string of the molecule is Cc1cccc(C)c1NC(=O)CSc1nnc(-c2nn(Cc3ccccc3)c(=O)c3ccccc23)o1. The Morgan fingerprint density at radius 3 is 2.36 bits per heavy atom. The Morgan fingerprint density at radius 1 is 0.917 bits per heavy atom. The first-order valence-corrected chi connectivity index (χ1v) is 12.3. The van der Waals surface area contributed by atoms with Gasteiger partial charge in [-0.25, -0.2) is 4.68 Å². The fourth-order valence-electron chi connectivity index (χ4n) is 3.93. The van der Waals surface area contributed by atoms with E-state index in [4.69, 9.17) is 4.42 Å². The third-order valence-corrected chi connectivity index (χ3v) is 6.54. The first-order chi connectivity index (χ1) is 17.5. The number of nitrogens with zero attached hydrogens (tertiary/aromatic N) is 4. The first-order valence-electron chi connectivity index (χ1n) is 11.4. The molecule has 1 N–H and O–H groups in total. The highest BCUT2D eigenvalue weighted by Gasteiger charge is 2.18. The maximum atomic E-state index is 13.1. The second kappa shape index (κ2) is 10.2. The summed E-state index contributed by atoms with van der Waals surface area (Å²) in [5, 5.41) is 17.1. The lowest BCUT2D eigenvalue weighted by Gasteiger charge is -2.10. The van der Waals surface area contributed by atoms with Crippen LogP contribution >= 0.6 is 11.8 Å². The minimum Gasteiger partial charge on any atom is -0.409 e. The molecule has 0 aliphatic rings. The van der Waals surface area contributed by atoms with Crippen LogP contribution in [0.4, 0.5) is 5.69 Å². The molecule has 36 heavy (non-hydrogen) atoms. The van der Waals surface area contributed by atoms with E-state index in [-0.39, 0.29) is 28.3 Å². The summed E-state index contributed by atoms with van der Waals surface area (Å²) in [7, 11) is 0. The van der Waals surface area contributed by atoms with Gasteiger partial charge in [0.25, 0.3) is 16.7 Å². The summed E-state index contributed by atoms with van der Waals surface area (Å²) in [5.74, 6) is 0.125. The molecule has 8 nitrogen and oxygen atoms in total. The van der Waals surface area contributed by atoms with Crippen molar-refractivity contribution in [2.45, 2.75) is 25.6 Å². The summed E-state index contributed by atoms with van der Waals surface area (Å²) in [6.07, 6.45) is 0. The summed E-state index contributed by atoms with van der Waals surface area (Å²) in [4.78, 5) is 25.6. The van der Waals surface area contributed by atoms with Gasteiger partial charge in [0.1, 0.15) is 0 Å². The van der Waals surface area contributed by atoms with Crippen molar-refractivity contribution in [2.24, 2.45) is 0 Å². The molecule has 5 aromatic rings. The minimum atomic E-state index is -0.199. The molecular formula is C27H23N5O3S. The van der Waals surface area contributed by atoms with Crippen LogP contribution in [0.15, 0.2) is 87.2 Å². The summed E-state index contributed by atoms with van der Waals surface area (Å²) < 4.78 is 7.26. The lowest BCUT2D eigenvalue weighted by Crippen LogP contribution is -2.24. The van der Waals surface area contributed by atoms with Crippen molar-refractivity contribution in [2.75, 3.05) is 11.1 Å². The quantitative estimate of drug-likeness (QED) is 0.321. The van der Waals surface area contributed by atoms with Crippen molar-refractivity contribution < 1.29 is 9.21 Å². The number of para-hydroxylation sites is 1. The molecule has 0 bridgehead atoms. The van der Waals surface area contributed by atoms with Crippen LogP contribution in [0.5, 0.6) is 0 Å². The predicted octanol–water partition coefficient (Wildman–Crippen LogP) is 4.84. The molecule has 2 aromatic heterocycles. The first kappa shape index (κ1) is 23.5. The van der Waals surface area contributed by atoms with Crippen molar-refractivity contribution >= 4 is 34.1 Å². The molecule has 9 heteroatoms. The smallest absolute Gasteiger partial charge is 0.277 e. The Labute approximate surface area is 211 Å². The molecule has 2 heterocycles. The standard InChI is InChI=1S/C27H23N5O3S/c1-17-9-8-10-18(2)23(17)28-22(33)16-36-27-30-29-25(35-27)24-20-13-6-7-14-21(20)26(34)32(31-24)15-19-11-4-3-5-12-19/h3-14H,15-16H2,1-2H3,(H,28,33). The van der Waals surface area contributed by atoms with Gasteiger partial charge in [0, 0.05) is 11.1 Å². The van der Waals surface area contributed by atoms with Crippen molar-refractivity contribution in [1.82, 2.24) is 20.0 Å². The topological polar surface area (TPSA) is 103 Å². The number of thioether (sulfide) groups is 1. The van der Waals surface area contributed by atoms with Crippen molar-refractivity contribution in [3.63, 3.8) is 0 Å². The van der Waals surface area contributed by atoms with Crippen LogP contribution in [0.3, 0.4) is 0 Å². The van der Waals surface area contributed by atoms with E-state index in [0.29, 0.717) is 23.0 Å². The monoisotopic (exact) mass is 497 g/mol. The molecule has 0 unspecified atom stereocenters. The molecule has 180 valence electrons. The number of benzene rings is 3. The number of aromatic nitrogens is 4. The molecule has 3 aromatic carbocycles. The van der Waals surface area contributed by atoms with Crippen LogP contribution in [0, 0.1) is 13.8 Å². The van der Waals surface area contributed by atoms with E-state index in [1.54, 1.807) is 12.1 Å². The second-order valence-corrected chi connectivity index (χ2v) is 9.25. The van der Waals surface area contributed by atoms with E-state index in [2.05, 4.69) is 20.6 Å². The number of anilines is 1. The zero-order valence-corrected chi connectivity index (χ0v) is 20.6. The number of hydrogen-bond acceptors (Lipinski definition) is 7. The number of nitrogens with one attached hydrogen (secondary N) is 1. The summed E-state index contributed by atoms with van der Waals surface area (Å²) in [6.45, 7) is 4.22. The van der Waals surface area contributed by atoms with E-state index >= 15 is 0 Å². The van der Waals surface area contributed by atoms with Crippen LogP contribution < -0.4 is 10.9 Å². The normalized spacial score (nSPS) is 11.1. The van der Waals surface area contributed by atoms with Crippen LogP contribution in [0.25, 0.3) is 22.4 Å². The maximum absolute atomic E-state index is 13.1. The molecule has 0 radical (unpaired) electrons. The van der Waals surface area contributed by atoms with Crippen LogP contribution in [-0.2, 0) is 11.3 Å². The van der Waals surface area contributed by atoms with Gasteiger partial charge in [-0.3, -0.25) is 9.59 Å². The van der Waals surface area contributed by atoms with Gasteiger partial charge in [0.05, 0.1) is 17.7 Å². The summed E-state index contributed by atoms with van der Waals surface area (Å²) in [6, 6.07) is 22.7. The average Bonchev–Trinajstić information content (AvgIpc) is 3.36. The Kier molecular flexibility index (Phi) is 6.64. The zero-order valence-electron chi connectivity index (χ0n) is 19.8. The number of hydrogen-bond donors (Lipinski definition) is 1. The molecule has 0 aliphatic heterocycles. The Balaban J connectivity index is 1.39. The fourth-order valence-corrected chi connectivity index (χ4v) is 4.50. The van der Waals surface area contributed by atoms with Crippen molar-refractivity contribution in [1.29, 1.82) is 0 Å². The molecule has 0 saturated carbocycles. The largest absolute Gasteiger partial charge is 0.409 e. The van der Waals surface area contributed by atoms with Crippen LogP contribution in [0.1, 0.15) is 16.7 Å². The number of fused-ring (bicyclic) bond motifs is 1. The number of amides is 1. The number of aryl methyl sites for hydroxylation is 2. The lowest BCUT2D eigenvalue weighted by molar-refractivity contribution is -0.113. The number of carbonyl (C=O) groups is 1. The lowest BCUT2D eigenvalue weighted by atomic mass is 10.1. The van der Waals surface area contributed by atoms with Gasteiger partial charge >= 0.3 is 0 Å². The van der Waals surface area contributed by atoms with Crippen LogP contribution in [-0.4, -0.2) is 31.6 Å². The summed E-state index contributed by atoms with van der Waals surface area (Å²) >= 11 is 1.14. The molecule has 0 fully saturated rings. The molecule has 0 aliphatic carbocycles. The van der Waals surface area contributed by atoms with Gasteiger partial charge in [-0.1, -0.05) is 78.5 Å². The Bertz CT molecular complexity index is 1590. The average molecular weight is 498 g/mol. The maximum Gasteiger partial charge on any atom is 0.277 e. The van der Waals surface area contributed by atoms with Gasteiger partial charge in [0.2, 0.25) is 5.91 Å². The second-order valence-electron chi connectivity index (χ2n) is 8.32. The molecule has 1 amide bonds. The van der Waals surface area contributed by atoms with Gasteiger partial charge in [-0.2, -0.15) is 5.10 Å². The zero-order chi connectivity index (χ0) is 25.1. The molecule has 0 saturated heterocycles. The number of carbonyl (C=O) groups excluding carboxylic acids is 1. The van der Waals surface area contributed by atoms with E-state index < -0.39 is 0 Å². The third kappa shape index (κ3) is 4.92. The highest BCUT2D eigenvalue weighted by molar-refractivity contribution is 7.99. The molecular weight excluding hydrogens is 474 g/mol. The number of rotatable bonds is 7. The van der Waals surface area contributed by atoms with Crippen molar-refractivity contribution in [3.8, 4) is 11.6 Å². The molecule has 5 rings (SSSR count). The minimum absolute atomic E-state index is 0.108. The fraction of sp³-hybridized carbons (Fsp3) is 0.148. The molecule has 0 spiro atoms. The molecule has 0 atom stereocenters. The van der Waals surface area contributed by atoms with E-state index in [1.165, 1.54) is 4.68 Å². The Morgan fingerprint density at radius 2 is 1.61 bits per heavy atom. The van der Waals surface area contributed by atoms with Gasteiger partial charge in [-0.15, -0.1) is 10.2 Å². The predicted molar refractivity (Wildman–Crippen MR) is 140 cm³/mol.